The summed E-state index contributed by atoms with van der Waals surface area (Å²) in [5.41, 5.74) is 1.28. The zero-order valence-electron chi connectivity index (χ0n) is 5.97. The van der Waals surface area contributed by atoms with Crippen LogP contribution in [0.2, 0.25) is 6.04 Å². The van der Waals surface area contributed by atoms with Crippen LogP contribution in [0, 0.1) is 3.57 Å². The largest absolute Gasteiger partial charge is 0.508 e. The molecule has 0 aliphatic rings. The zero-order chi connectivity index (χ0) is 8.27. The summed E-state index contributed by atoms with van der Waals surface area (Å²) in [6.45, 7) is 0. The summed E-state index contributed by atoms with van der Waals surface area (Å²) in [6, 6.07) is 6.41. The van der Waals surface area contributed by atoms with Crippen LogP contribution in [-0.2, 0) is 6.42 Å². The molecular formula is C8H8IOSi. The molecule has 0 atom stereocenters. The lowest BCUT2D eigenvalue weighted by Gasteiger charge is -2.01. The number of hydrogen-bond acceptors (Lipinski definition) is 1. The molecule has 1 aromatic carbocycles. The number of benzene rings is 1. The minimum absolute atomic E-state index is 0.340. The molecule has 3 heteroatoms. The molecule has 0 bridgehead atoms. The zero-order valence-corrected chi connectivity index (χ0v) is 9.13. The molecule has 0 aliphatic carbocycles. The summed E-state index contributed by atoms with van der Waals surface area (Å²) in [7, 11) is 3.42. The van der Waals surface area contributed by atoms with Crippen molar-refractivity contribution in [3.63, 3.8) is 0 Å². The maximum atomic E-state index is 9.09. The molecule has 0 saturated carbocycles. The fourth-order valence-electron chi connectivity index (χ4n) is 0.874. The van der Waals surface area contributed by atoms with Crippen molar-refractivity contribution < 1.29 is 5.11 Å². The number of halogens is 1. The van der Waals surface area contributed by atoms with Crippen LogP contribution in [0.4, 0.5) is 0 Å². The molecule has 1 nitrogen and oxygen atoms in total. The van der Waals surface area contributed by atoms with E-state index < -0.39 is 0 Å². The number of phenolic OH excluding ortho intramolecular Hbond substituents is 1. The average molecular weight is 275 g/mol. The van der Waals surface area contributed by atoms with Gasteiger partial charge in [-0.05, 0) is 46.7 Å². The normalized spacial score (nSPS) is 10.0. The van der Waals surface area contributed by atoms with E-state index in [1.807, 2.05) is 6.07 Å². The Labute approximate surface area is 83.4 Å². The molecule has 3 radical (unpaired) electrons. The van der Waals surface area contributed by atoms with Crippen molar-refractivity contribution in [2.75, 3.05) is 0 Å². The van der Waals surface area contributed by atoms with Gasteiger partial charge >= 0.3 is 0 Å². The Bertz CT molecular complexity index is 250. The van der Waals surface area contributed by atoms with E-state index >= 15 is 0 Å². The minimum Gasteiger partial charge on any atom is -0.508 e. The van der Waals surface area contributed by atoms with Gasteiger partial charge in [-0.3, -0.25) is 0 Å². The van der Waals surface area contributed by atoms with Crippen molar-refractivity contribution in [1.29, 1.82) is 0 Å². The van der Waals surface area contributed by atoms with Gasteiger partial charge in [0.15, 0.2) is 0 Å². The van der Waals surface area contributed by atoms with Crippen molar-refractivity contribution in [2.24, 2.45) is 0 Å². The molecule has 0 aliphatic heterocycles. The second kappa shape index (κ2) is 4.11. The lowest BCUT2D eigenvalue weighted by atomic mass is 10.2. The molecule has 1 N–H and O–H groups in total. The van der Waals surface area contributed by atoms with Crippen molar-refractivity contribution >= 4 is 32.8 Å². The van der Waals surface area contributed by atoms with Crippen molar-refractivity contribution in [3.05, 3.63) is 27.3 Å². The number of phenols is 1. The van der Waals surface area contributed by atoms with Gasteiger partial charge in [0.05, 0.1) is 0 Å². The number of aryl methyl sites for hydroxylation is 1. The molecule has 0 unspecified atom stereocenters. The summed E-state index contributed by atoms with van der Waals surface area (Å²) < 4.78 is 1.13. The fraction of sp³-hybridized carbons (Fsp3) is 0.250. The lowest BCUT2D eigenvalue weighted by Crippen LogP contribution is -1.87. The van der Waals surface area contributed by atoms with Crippen molar-refractivity contribution in [1.82, 2.24) is 0 Å². The Balaban J connectivity index is 2.90. The molecular weight excluding hydrogens is 267 g/mol. The summed E-state index contributed by atoms with van der Waals surface area (Å²) in [5.74, 6) is 0.340. The van der Waals surface area contributed by atoms with Gasteiger partial charge in [-0.2, -0.15) is 0 Å². The highest BCUT2D eigenvalue weighted by Crippen LogP contribution is 2.19. The lowest BCUT2D eigenvalue weighted by molar-refractivity contribution is 0.474. The third-order valence-corrected chi connectivity index (χ3v) is 2.69. The number of hydrogen-bond donors (Lipinski definition) is 1. The molecule has 0 fully saturated rings. The van der Waals surface area contributed by atoms with E-state index in [-0.39, 0.29) is 0 Å². The maximum absolute atomic E-state index is 9.09. The average Bonchev–Trinajstić information content (AvgIpc) is 1.95. The molecule has 0 aromatic heterocycles. The second-order valence-corrected chi connectivity index (χ2v) is 3.94. The molecule has 11 heavy (non-hydrogen) atoms. The summed E-state index contributed by atoms with van der Waals surface area (Å²) in [4.78, 5) is 0. The van der Waals surface area contributed by atoms with E-state index in [9.17, 15) is 0 Å². The number of rotatable bonds is 2. The van der Waals surface area contributed by atoms with Crippen LogP contribution in [0.25, 0.3) is 0 Å². The molecule has 57 valence electrons. The molecule has 0 amide bonds. The predicted octanol–water partition coefficient (Wildman–Crippen LogP) is 2.13. The van der Waals surface area contributed by atoms with E-state index in [0.717, 1.165) is 16.0 Å². The van der Waals surface area contributed by atoms with E-state index in [0.29, 0.717) is 5.75 Å². The quantitative estimate of drug-likeness (QED) is 0.647. The Morgan fingerprint density at radius 2 is 2.18 bits per heavy atom. The third-order valence-electron chi connectivity index (χ3n) is 1.43. The second-order valence-electron chi connectivity index (χ2n) is 2.28. The first-order chi connectivity index (χ1) is 5.24. The monoisotopic (exact) mass is 275 g/mol. The Morgan fingerprint density at radius 1 is 1.45 bits per heavy atom. The standard InChI is InChI=1S/C8H8IOSi/c9-8-5-7(10)2-1-6(8)3-4-11/h1-2,5,10H,3-4H2. The SMILES string of the molecule is Oc1ccc(CC[Si])c(I)c1. The molecule has 0 saturated heterocycles. The van der Waals surface area contributed by atoms with E-state index in [1.165, 1.54) is 5.56 Å². The highest BCUT2D eigenvalue weighted by molar-refractivity contribution is 14.1. The van der Waals surface area contributed by atoms with Crippen LogP contribution >= 0.6 is 22.6 Å². The first kappa shape index (κ1) is 9.06. The van der Waals surface area contributed by atoms with Gasteiger partial charge in [0.2, 0.25) is 0 Å². The molecule has 0 spiro atoms. The van der Waals surface area contributed by atoms with Crippen molar-refractivity contribution in [3.8, 4) is 5.75 Å². The van der Waals surface area contributed by atoms with Gasteiger partial charge in [-0.15, -0.1) is 0 Å². The fourth-order valence-corrected chi connectivity index (χ4v) is 1.91. The van der Waals surface area contributed by atoms with E-state index in [2.05, 4.69) is 32.8 Å². The maximum Gasteiger partial charge on any atom is 0.116 e. The summed E-state index contributed by atoms with van der Waals surface area (Å²) >= 11 is 2.23. The number of aromatic hydroxyl groups is 1. The van der Waals surface area contributed by atoms with Crippen LogP contribution in [0.1, 0.15) is 5.56 Å². The van der Waals surface area contributed by atoms with Crippen molar-refractivity contribution in [2.45, 2.75) is 12.5 Å². The van der Waals surface area contributed by atoms with Gasteiger partial charge < -0.3 is 5.11 Å². The first-order valence-electron chi connectivity index (χ1n) is 3.36. The van der Waals surface area contributed by atoms with Gasteiger partial charge in [-0.1, -0.05) is 12.1 Å². The Morgan fingerprint density at radius 3 is 2.73 bits per heavy atom. The topological polar surface area (TPSA) is 20.2 Å². The summed E-state index contributed by atoms with van der Waals surface area (Å²) in [6.07, 6.45) is 1.01. The minimum atomic E-state index is 0.340. The highest BCUT2D eigenvalue weighted by Gasteiger charge is 1.98. The van der Waals surface area contributed by atoms with Crippen LogP contribution in [-0.4, -0.2) is 15.3 Å². The van der Waals surface area contributed by atoms with Gasteiger partial charge in [0.25, 0.3) is 0 Å². The van der Waals surface area contributed by atoms with Gasteiger partial charge in [-0.25, -0.2) is 0 Å². The summed E-state index contributed by atoms with van der Waals surface area (Å²) in [5, 5.41) is 9.09. The van der Waals surface area contributed by atoms with Crippen LogP contribution in [0.15, 0.2) is 18.2 Å². The molecule has 1 rings (SSSR count). The van der Waals surface area contributed by atoms with Crippen LogP contribution in [0.5, 0.6) is 5.75 Å². The van der Waals surface area contributed by atoms with Gasteiger partial charge in [0.1, 0.15) is 5.75 Å². The smallest absolute Gasteiger partial charge is 0.116 e. The first-order valence-corrected chi connectivity index (χ1v) is 5.14. The predicted molar refractivity (Wildman–Crippen MR) is 55.1 cm³/mol. The molecule has 0 heterocycles. The Hall–Kier alpha value is -0.0331. The van der Waals surface area contributed by atoms with Crippen LogP contribution in [0.3, 0.4) is 0 Å². The Kier molecular flexibility index (Phi) is 3.38. The van der Waals surface area contributed by atoms with E-state index in [4.69, 9.17) is 5.11 Å². The third kappa shape index (κ3) is 2.48. The molecule has 1 aromatic rings. The van der Waals surface area contributed by atoms with E-state index in [1.54, 1.807) is 12.1 Å². The highest BCUT2D eigenvalue weighted by atomic mass is 127. The van der Waals surface area contributed by atoms with Gasteiger partial charge in [0, 0.05) is 13.8 Å². The van der Waals surface area contributed by atoms with Crippen LogP contribution < -0.4 is 0 Å².